The Morgan fingerprint density at radius 2 is 1.84 bits per heavy atom. The Balaban J connectivity index is 0.000000181. The zero-order valence-electron chi connectivity index (χ0n) is 14.3. The fraction of sp³-hybridized carbons (Fsp3) is 0.235. The number of thiazole rings is 1. The fourth-order valence-corrected chi connectivity index (χ4v) is 4.01. The molecule has 8 heteroatoms. The molecule has 1 heterocycles. The molecule has 0 atom stereocenters. The van der Waals surface area contributed by atoms with Gasteiger partial charge in [0.1, 0.15) is 5.75 Å². The van der Waals surface area contributed by atoms with Crippen LogP contribution in [0.1, 0.15) is 11.1 Å². The number of hydrogen-bond donors (Lipinski definition) is 1. The standard InChI is InChI=1S/C9H9NOS2.C8H10O3S/c1-11-6-3-4-8-7(5-6)10-9(12-2)13-8;1-6-3-4-8(5-7(6)2)12(9,10)11/h3-5H,1-2H3;3-5H,1-2H3,(H,9,10,11). The number of hydrogen-bond acceptors (Lipinski definition) is 6. The molecule has 25 heavy (non-hydrogen) atoms. The molecule has 0 radical (unpaired) electrons. The van der Waals surface area contributed by atoms with Crippen LogP contribution in [0.5, 0.6) is 5.75 Å². The van der Waals surface area contributed by atoms with E-state index in [0.717, 1.165) is 26.7 Å². The van der Waals surface area contributed by atoms with Crippen LogP contribution in [0.3, 0.4) is 0 Å². The van der Waals surface area contributed by atoms with E-state index < -0.39 is 10.1 Å². The molecule has 0 amide bonds. The molecule has 0 bridgehead atoms. The van der Waals surface area contributed by atoms with Crippen LogP contribution >= 0.6 is 23.1 Å². The van der Waals surface area contributed by atoms with E-state index in [9.17, 15) is 8.42 Å². The summed E-state index contributed by atoms with van der Waals surface area (Å²) in [4.78, 5) is 4.39. The van der Waals surface area contributed by atoms with E-state index in [4.69, 9.17) is 9.29 Å². The Labute approximate surface area is 155 Å². The first-order chi connectivity index (χ1) is 11.7. The minimum Gasteiger partial charge on any atom is -0.497 e. The minimum absolute atomic E-state index is 0.0504. The number of rotatable bonds is 3. The lowest BCUT2D eigenvalue weighted by atomic mass is 10.1. The molecule has 0 spiro atoms. The van der Waals surface area contributed by atoms with E-state index in [2.05, 4.69) is 4.98 Å². The van der Waals surface area contributed by atoms with Crippen molar-refractivity contribution in [3.8, 4) is 5.75 Å². The van der Waals surface area contributed by atoms with Crippen LogP contribution in [-0.4, -0.2) is 31.3 Å². The smallest absolute Gasteiger partial charge is 0.294 e. The number of aryl methyl sites for hydroxylation is 2. The molecule has 1 N–H and O–H groups in total. The van der Waals surface area contributed by atoms with Crippen molar-refractivity contribution in [3.05, 3.63) is 47.5 Å². The van der Waals surface area contributed by atoms with E-state index in [1.54, 1.807) is 43.2 Å². The second kappa shape index (κ2) is 8.18. The van der Waals surface area contributed by atoms with Gasteiger partial charge in [-0.05, 0) is 55.5 Å². The van der Waals surface area contributed by atoms with Crippen molar-refractivity contribution in [2.75, 3.05) is 13.4 Å². The summed E-state index contributed by atoms with van der Waals surface area (Å²) in [6.07, 6.45) is 2.04. The van der Waals surface area contributed by atoms with Gasteiger partial charge in [-0.15, -0.1) is 11.3 Å². The Morgan fingerprint density at radius 1 is 1.12 bits per heavy atom. The lowest BCUT2D eigenvalue weighted by molar-refractivity contribution is 0.415. The molecular weight excluding hydrogens is 378 g/mol. The molecule has 0 aliphatic carbocycles. The zero-order chi connectivity index (χ0) is 18.6. The van der Waals surface area contributed by atoms with Gasteiger partial charge in [0, 0.05) is 6.07 Å². The molecule has 0 fully saturated rings. The first kappa shape index (κ1) is 19.7. The van der Waals surface area contributed by atoms with Gasteiger partial charge < -0.3 is 4.74 Å². The molecule has 0 saturated carbocycles. The third kappa shape index (κ3) is 5.18. The summed E-state index contributed by atoms with van der Waals surface area (Å²) in [7, 11) is -2.37. The molecular formula is C17H19NO4S3. The minimum atomic E-state index is -4.04. The summed E-state index contributed by atoms with van der Waals surface area (Å²) in [6, 6.07) is 10.5. The topological polar surface area (TPSA) is 76.5 Å². The van der Waals surface area contributed by atoms with Crippen LogP contribution in [0.2, 0.25) is 0 Å². The van der Waals surface area contributed by atoms with Crippen molar-refractivity contribution in [2.24, 2.45) is 0 Å². The maximum absolute atomic E-state index is 10.7. The monoisotopic (exact) mass is 397 g/mol. The normalized spacial score (nSPS) is 11.1. The van der Waals surface area contributed by atoms with E-state index in [1.165, 1.54) is 16.8 Å². The van der Waals surface area contributed by atoms with Gasteiger partial charge in [0.05, 0.1) is 22.2 Å². The average Bonchev–Trinajstić information content (AvgIpc) is 2.99. The Kier molecular flexibility index (Phi) is 6.45. The number of fused-ring (bicyclic) bond motifs is 1. The number of aromatic nitrogens is 1. The van der Waals surface area contributed by atoms with Crippen LogP contribution in [0.15, 0.2) is 45.6 Å². The second-order valence-electron chi connectivity index (χ2n) is 5.24. The number of benzene rings is 2. The maximum Gasteiger partial charge on any atom is 0.294 e. The third-order valence-electron chi connectivity index (χ3n) is 3.53. The molecule has 1 aromatic heterocycles. The molecule has 134 valence electrons. The van der Waals surface area contributed by atoms with Gasteiger partial charge in [0.2, 0.25) is 0 Å². The largest absolute Gasteiger partial charge is 0.497 e. The zero-order valence-corrected chi connectivity index (χ0v) is 16.8. The number of thioether (sulfide) groups is 1. The quantitative estimate of drug-likeness (QED) is 0.515. The molecule has 2 aromatic carbocycles. The second-order valence-corrected chi connectivity index (χ2v) is 8.74. The lowest BCUT2D eigenvalue weighted by Gasteiger charge is -2.01. The number of ether oxygens (including phenoxy) is 1. The summed E-state index contributed by atoms with van der Waals surface area (Å²) < 4.78 is 37.4. The van der Waals surface area contributed by atoms with Crippen LogP contribution in [-0.2, 0) is 10.1 Å². The summed E-state index contributed by atoms with van der Waals surface area (Å²) in [6.45, 7) is 3.67. The molecule has 0 saturated heterocycles. The predicted molar refractivity (Wildman–Crippen MR) is 104 cm³/mol. The number of nitrogens with zero attached hydrogens (tertiary/aromatic N) is 1. The van der Waals surface area contributed by atoms with Crippen molar-refractivity contribution in [2.45, 2.75) is 23.1 Å². The summed E-state index contributed by atoms with van der Waals surface area (Å²) in [5.41, 5.74) is 2.88. The van der Waals surface area contributed by atoms with Crippen LogP contribution in [0.4, 0.5) is 0 Å². The van der Waals surface area contributed by atoms with Crippen molar-refractivity contribution in [1.82, 2.24) is 4.98 Å². The van der Waals surface area contributed by atoms with E-state index >= 15 is 0 Å². The fourth-order valence-electron chi connectivity index (χ4n) is 1.97. The molecule has 3 aromatic rings. The summed E-state index contributed by atoms with van der Waals surface area (Å²) in [5.74, 6) is 0.866. The van der Waals surface area contributed by atoms with Crippen LogP contribution in [0, 0.1) is 13.8 Å². The number of methoxy groups -OCH3 is 1. The van der Waals surface area contributed by atoms with Crippen molar-refractivity contribution >= 4 is 43.4 Å². The summed E-state index contributed by atoms with van der Waals surface area (Å²) >= 11 is 3.39. The first-order valence-electron chi connectivity index (χ1n) is 7.28. The molecule has 0 aliphatic heterocycles. The Hall–Kier alpha value is -1.61. The molecule has 0 aliphatic rings. The molecule has 3 rings (SSSR count). The maximum atomic E-state index is 10.7. The highest BCUT2D eigenvalue weighted by Crippen LogP contribution is 2.30. The van der Waals surface area contributed by atoms with Gasteiger partial charge in [-0.2, -0.15) is 8.42 Å². The highest BCUT2D eigenvalue weighted by molar-refractivity contribution is 8.00. The SMILES string of the molecule is COc1ccc2sc(SC)nc2c1.Cc1ccc(S(=O)(=O)O)cc1C. The highest BCUT2D eigenvalue weighted by atomic mass is 32.2. The highest BCUT2D eigenvalue weighted by Gasteiger charge is 2.09. The predicted octanol–water partition coefficient (Wildman–Crippen LogP) is 4.58. The van der Waals surface area contributed by atoms with E-state index in [-0.39, 0.29) is 4.90 Å². The molecule has 0 unspecified atom stereocenters. The lowest BCUT2D eigenvalue weighted by Crippen LogP contribution is -1.98. The van der Waals surface area contributed by atoms with E-state index in [1.807, 2.05) is 31.4 Å². The first-order valence-corrected chi connectivity index (χ1v) is 10.8. The van der Waals surface area contributed by atoms with Gasteiger partial charge in [-0.25, -0.2) is 4.98 Å². The van der Waals surface area contributed by atoms with Gasteiger partial charge >= 0.3 is 0 Å². The van der Waals surface area contributed by atoms with Gasteiger partial charge in [0.25, 0.3) is 10.1 Å². The third-order valence-corrected chi connectivity index (χ3v) is 6.40. The van der Waals surface area contributed by atoms with Gasteiger partial charge in [0.15, 0.2) is 4.34 Å². The van der Waals surface area contributed by atoms with Crippen molar-refractivity contribution in [1.29, 1.82) is 0 Å². The van der Waals surface area contributed by atoms with Crippen molar-refractivity contribution < 1.29 is 17.7 Å². The summed E-state index contributed by atoms with van der Waals surface area (Å²) in [5, 5.41) is 0. The molecule has 5 nitrogen and oxygen atoms in total. The average molecular weight is 398 g/mol. The van der Waals surface area contributed by atoms with Crippen LogP contribution < -0.4 is 4.74 Å². The van der Waals surface area contributed by atoms with Crippen LogP contribution in [0.25, 0.3) is 10.2 Å². The van der Waals surface area contributed by atoms with E-state index in [0.29, 0.717) is 0 Å². The van der Waals surface area contributed by atoms with Crippen molar-refractivity contribution in [3.63, 3.8) is 0 Å². The Bertz CT molecular complexity index is 979. The Morgan fingerprint density at radius 3 is 2.40 bits per heavy atom. The van der Waals surface area contributed by atoms with Gasteiger partial charge in [-0.1, -0.05) is 17.8 Å². The van der Waals surface area contributed by atoms with Gasteiger partial charge in [-0.3, -0.25) is 4.55 Å².